The van der Waals surface area contributed by atoms with E-state index in [9.17, 15) is 13.2 Å². The molecule has 1 fully saturated rings. The molecule has 2 amide bonds. The Kier molecular flexibility index (Phi) is 4.34. The maximum Gasteiger partial charge on any atom is 0.314 e. The third-order valence-corrected chi connectivity index (χ3v) is 4.11. The van der Waals surface area contributed by atoms with E-state index in [1.54, 1.807) is 0 Å². The fourth-order valence-electron chi connectivity index (χ4n) is 1.50. The van der Waals surface area contributed by atoms with Crippen LogP contribution < -0.4 is 10.6 Å². The Morgan fingerprint density at radius 2 is 2.13 bits per heavy atom. The molecule has 0 aromatic carbocycles. The van der Waals surface area contributed by atoms with Gasteiger partial charge in [0.1, 0.15) is 0 Å². The molecule has 7 heteroatoms. The Morgan fingerprint density at radius 1 is 1.40 bits per heavy atom. The zero-order valence-electron chi connectivity index (χ0n) is 8.40. The largest absolute Gasteiger partial charge is 0.395 e. The highest BCUT2D eigenvalue weighted by molar-refractivity contribution is 7.91. The van der Waals surface area contributed by atoms with Gasteiger partial charge in [-0.1, -0.05) is 0 Å². The number of amides is 2. The van der Waals surface area contributed by atoms with Crippen molar-refractivity contribution in [1.82, 2.24) is 10.6 Å². The van der Waals surface area contributed by atoms with E-state index in [-0.39, 0.29) is 36.6 Å². The van der Waals surface area contributed by atoms with Crippen LogP contribution >= 0.6 is 0 Å². The van der Waals surface area contributed by atoms with Crippen LogP contribution in [-0.4, -0.2) is 50.8 Å². The highest BCUT2D eigenvalue weighted by atomic mass is 32.2. The highest BCUT2D eigenvalue weighted by Gasteiger charge is 2.27. The molecule has 0 aliphatic carbocycles. The number of rotatable bonds is 4. The average molecular weight is 236 g/mol. The summed E-state index contributed by atoms with van der Waals surface area (Å²) >= 11 is 0. The Morgan fingerprint density at radius 3 is 2.67 bits per heavy atom. The van der Waals surface area contributed by atoms with Crippen LogP contribution in [-0.2, 0) is 9.84 Å². The molecule has 0 unspecified atom stereocenters. The quantitative estimate of drug-likeness (QED) is 0.566. The van der Waals surface area contributed by atoms with Crippen molar-refractivity contribution in [3.8, 4) is 0 Å². The number of sulfone groups is 1. The summed E-state index contributed by atoms with van der Waals surface area (Å²) in [6.07, 6.45) is 0.614. The lowest BCUT2D eigenvalue weighted by molar-refractivity contribution is 0.233. The van der Waals surface area contributed by atoms with Gasteiger partial charge >= 0.3 is 6.03 Å². The van der Waals surface area contributed by atoms with E-state index in [0.29, 0.717) is 13.0 Å². The number of hydrogen-bond acceptors (Lipinski definition) is 4. The van der Waals surface area contributed by atoms with Crippen LogP contribution in [0.2, 0.25) is 0 Å². The molecule has 6 nitrogen and oxygen atoms in total. The second-order valence-corrected chi connectivity index (χ2v) is 5.86. The van der Waals surface area contributed by atoms with Crippen molar-refractivity contribution in [1.29, 1.82) is 0 Å². The van der Waals surface area contributed by atoms with Crippen molar-refractivity contribution in [2.24, 2.45) is 5.92 Å². The summed E-state index contributed by atoms with van der Waals surface area (Å²) in [6, 6.07) is -0.367. The monoisotopic (exact) mass is 236 g/mol. The molecule has 0 saturated carbocycles. The minimum Gasteiger partial charge on any atom is -0.395 e. The predicted octanol–water partition coefficient (Wildman–Crippen LogP) is -1.29. The predicted molar refractivity (Wildman–Crippen MR) is 55.2 cm³/mol. The summed E-state index contributed by atoms with van der Waals surface area (Å²) in [6.45, 7) is 0.469. The average Bonchev–Trinajstić information content (AvgIpc) is 2.52. The number of hydrogen-bond donors (Lipinski definition) is 3. The number of carbonyl (C=O) groups is 1. The summed E-state index contributed by atoms with van der Waals surface area (Å²) in [5.41, 5.74) is 0. The number of aliphatic hydroxyl groups excluding tert-OH is 1. The number of carbonyl (C=O) groups excluding carboxylic acids is 1. The molecule has 1 aliphatic heterocycles. The van der Waals surface area contributed by atoms with Gasteiger partial charge < -0.3 is 15.7 Å². The summed E-state index contributed by atoms with van der Waals surface area (Å²) < 4.78 is 22.2. The zero-order chi connectivity index (χ0) is 11.3. The molecular formula is C8H16N2O4S. The Labute approximate surface area is 89.0 Å². The minimum atomic E-state index is -2.87. The van der Waals surface area contributed by atoms with E-state index in [2.05, 4.69) is 10.6 Å². The Balaban J connectivity index is 2.18. The Bertz CT molecular complexity index is 315. The van der Waals surface area contributed by atoms with Crippen LogP contribution in [0.4, 0.5) is 4.79 Å². The Hall–Kier alpha value is -0.820. The summed E-state index contributed by atoms with van der Waals surface area (Å²) in [4.78, 5) is 11.0. The van der Waals surface area contributed by atoms with Crippen molar-refractivity contribution < 1.29 is 18.3 Å². The maximum absolute atomic E-state index is 11.1. The third kappa shape index (κ3) is 4.48. The topological polar surface area (TPSA) is 95.5 Å². The van der Waals surface area contributed by atoms with E-state index in [1.165, 1.54) is 0 Å². The fraction of sp³-hybridized carbons (Fsp3) is 0.875. The van der Waals surface area contributed by atoms with Crippen LogP contribution in [0.3, 0.4) is 0 Å². The van der Waals surface area contributed by atoms with Crippen molar-refractivity contribution in [2.75, 3.05) is 31.2 Å². The van der Waals surface area contributed by atoms with Crippen molar-refractivity contribution in [3.63, 3.8) is 0 Å². The van der Waals surface area contributed by atoms with Gasteiger partial charge in [-0.2, -0.15) is 0 Å². The maximum atomic E-state index is 11.1. The van der Waals surface area contributed by atoms with Gasteiger partial charge in [-0.25, -0.2) is 13.2 Å². The van der Waals surface area contributed by atoms with Gasteiger partial charge in [0.25, 0.3) is 0 Å². The molecule has 0 aromatic heterocycles. The lowest BCUT2D eigenvalue weighted by Gasteiger charge is -2.09. The second-order valence-electron chi connectivity index (χ2n) is 3.63. The summed E-state index contributed by atoms with van der Waals surface area (Å²) in [5.74, 6) is 0.403. The smallest absolute Gasteiger partial charge is 0.314 e. The molecule has 1 rings (SSSR count). The molecule has 1 aliphatic rings. The van der Waals surface area contributed by atoms with Gasteiger partial charge in [-0.05, 0) is 12.3 Å². The zero-order valence-corrected chi connectivity index (χ0v) is 9.22. The molecule has 0 spiro atoms. The van der Waals surface area contributed by atoms with Crippen LogP contribution in [0.5, 0.6) is 0 Å². The second kappa shape index (κ2) is 5.32. The van der Waals surface area contributed by atoms with Crippen LogP contribution in [0.1, 0.15) is 6.42 Å². The van der Waals surface area contributed by atoms with E-state index >= 15 is 0 Å². The van der Waals surface area contributed by atoms with Crippen molar-refractivity contribution >= 4 is 15.9 Å². The van der Waals surface area contributed by atoms with Gasteiger partial charge in [0.15, 0.2) is 9.84 Å². The number of urea groups is 1. The molecule has 1 atom stereocenters. The fourth-order valence-corrected chi connectivity index (χ4v) is 3.36. The van der Waals surface area contributed by atoms with Crippen LogP contribution in [0.25, 0.3) is 0 Å². The number of nitrogens with one attached hydrogen (secondary N) is 2. The molecule has 0 bridgehead atoms. The van der Waals surface area contributed by atoms with Gasteiger partial charge in [-0.15, -0.1) is 0 Å². The first-order valence-electron chi connectivity index (χ1n) is 4.86. The normalized spacial score (nSPS) is 23.7. The van der Waals surface area contributed by atoms with Crippen LogP contribution in [0.15, 0.2) is 0 Å². The molecular weight excluding hydrogens is 220 g/mol. The SMILES string of the molecule is O=C(NCCO)NC[C@@H]1CCS(=O)(=O)C1. The molecule has 0 aromatic rings. The third-order valence-electron chi connectivity index (χ3n) is 2.28. The van der Waals surface area contributed by atoms with E-state index in [0.717, 1.165) is 0 Å². The van der Waals surface area contributed by atoms with E-state index in [1.807, 2.05) is 0 Å². The lowest BCUT2D eigenvalue weighted by atomic mass is 10.1. The molecule has 15 heavy (non-hydrogen) atoms. The first-order chi connectivity index (χ1) is 7.03. The lowest BCUT2D eigenvalue weighted by Crippen LogP contribution is -2.39. The first kappa shape index (κ1) is 12.3. The molecule has 1 heterocycles. The van der Waals surface area contributed by atoms with Crippen molar-refractivity contribution in [3.05, 3.63) is 0 Å². The highest BCUT2D eigenvalue weighted by Crippen LogP contribution is 2.17. The van der Waals surface area contributed by atoms with E-state index < -0.39 is 9.84 Å². The molecule has 3 N–H and O–H groups in total. The number of aliphatic hydroxyl groups is 1. The van der Waals surface area contributed by atoms with Gasteiger partial charge in [0.05, 0.1) is 18.1 Å². The van der Waals surface area contributed by atoms with Gasteiger partial charge in [0, 0.05) is 13.1 Å². The summed E-state index contributed by atoms with van der Waals surface area (Å²) in [5, 5.41) is 13.4. The van der Waals surface area contributed by atoms with Gasteiger partial charge in [0.2, 0.25) is 0 Å². The molecule has 1 saturated heterocycles. The van der Waals surface area contributed by atoms with Crippen molar-refractivity contribution in [2.45, 2.75) is 6.42 Å². The molecule has 0 radical (unpaired) electrons. The van der Waals surface area contributed by atoms with Gasteiger partial charge in [-0.3, -0.25) is 0 Å². The minimum absolute atomic E-state index is 0.0230. The molecule has 88 valence electrons. The standard InChI is InChI=1S/C8H16N2O4S/c11-3-2-9-8(12)10-5-7-1-4-15(13,14)6-7/h7,11H,1-6H2,(H2,9,10,12)/t7-/m0/s1. The summed E-state index contributed by atoms with van der Waals surface area (Å²) in [7, 11) is -2.87. The van der Waals surface area contributed by atoms with E-state index in [4.69, 9.17) is 5.11 Å². The first-order valence-corrected chi connectivity index (χ1v) is 6.68. The van der Waals surface area contributed by atoms with Crippen LogP contribution in [0, 0.1) is 5.92 Å².